The number of fused-ring (bicyclic) bond motifs is 2. The van der Waals surface area contributed by atoms with E-state index in [9.17, 15) is 36.5 Å². The third-order valence-electron chi connectivity index (χ3n) is 9.45. The molecule has 0 radical (unpaired) electrons. The van der Waals surface area contributed by atoms with E-state index in [2.05, 4.69) is 10.1 Å². The Kier molecular flexibility index (Phi) is 10.2. The van der Waals surface area contributed by atoms with Gasteiger partial charge in [0.15, 0.2) is 5.58 Å². The van der Waals surface area contributed by atoms with E-state index in [0.717, 1.165) is 50.0 Å². The summed E-state index contributed by atoms with van der Waals surface area (Å²) in [5.74, 6) is -2.92. The number of likely N-dealkylation sites (tertiary alicyclic amines) is 1. The third-order valence-corrected chi connectivity index (χ3v) is 10.5. The minimum Gasteiger partial charge on any atom is -0.747 e. The Labute approximate surface area is 281 Å². The maximum Gasteiger partial charge on any atom is 0.333 e. The lowest BCUT2D eigenvalue weighted by atomic mass is 9.91. The van der Waals surface area contributed by atoms with Crippen molar-refractivity contribution in [2.45, 2.75) is 88.5 Å². The van der Waals surface area contributed by atoms with Crippen molar-refractivity contribution < 1.29 is 45.8 Å². The Morgan fingerprint density at radius 2 is 1.90 bits per heavy atom. The van der Waals surface area contributed by atoms with Crippen LogP contribution in [0.2, 0.25) is 0 Å². The van der Waals surface area contributed by atoms with Crippen molar-refractivity contribution in [2.24, 2.45) is 0 Å². The Morgan fingerprint density at radius 1 is 1.12 bits per heavy atom. The van der Waals surface area contributed by atoms with Gasteiger partial charge < -0.3 is 23.6 Å². The molecule has 2 amide bonds. The van der Waals surface area contributed by atoms with Gasteiger partial charge in [0.2, 0.25) is 0 Å². The molecule has 2 fully saturated rings. The first-order valence-electron chi connectivity index (χ1n) is 16.4. The highest BCUT2D eigenvalue weighted by molar-refractivity contribution is 7.87. The van der Waals surface area contributed by atoms with Crippen molar-refractivity contribution in [2.75, 3.05) is 26.2 Å². The van der Waals surface area contributed by atoms with E-state index in [1.165, 1.54) is 12.1 Å². The zero-order chi connectivity index (χ0) is 34.9. The van der Waals surface area contributed by atoms with E-state index in [1.807, 2.05) is 6.92 Å². The van der Waals surface area contributed by atoms with Gasteiger partial charge in [-0.15, -0.1) is 5.06 Å². The van der Waals surface area contributed by atoms with Gasteiger partial charge in [0, 0.05) is 54.7 Å². The number of imide groups is 1. The highest BCUT2D eigenvalue weighted by Gasteiger charge is 2.45. The molecular formula is C32H37FN5O10S-. The Balaban J connectivity index is 0.963. The number of hydrogen-bond acceptors (Lipinski definition) is 13. The number of halogens is 1. The van der Waals surface area contributed by atoms with Crippen LogP contribution in [0.1, 0.15) is 86.2 Å². The minimum atomic E-state index is -5.05. The largest absolute Gasteiger partial charge is 0.747 e. The molecule has 15 nitrogen and oxygen atoms in total. The van der Waals surface area contributed by atoms with Crippen LogP contribution in [0, 0.1) is 12.7 Å². The smallest absolute Gasteiger partial charge is 0.333 e. The number of amides is 2. The fourth-order valence-electron chi connectivity index (χ4n) is 6.77. The normalized spacial score (nSPS) is 20.7. The van der Waals surface area contributed by atoms with Gasteiger partial charge in [0.25, 0.3) is 17.4 Å². The summed E-state index contributed by atoms with van der Waals surface area (Å²) >= 11 is 0. The van der Waals surface area contributed by atoms with E-state index in [4.69, 9.17) is 19.1 Å². The molecule has 2 unspecified atom stereocenters. The third kappa shape index (κ3) is 7.59. The number of hydrogen-bond donors (Lipinski definition) is 0. The van der Waals surface area contributed by atoms with Gasteiger partial charge in [-0.3, -0.25) is 19.0 Å². The van der Waals surface area contributed by atoms with Crippen LogP contribution >= 0.6 is 0 Å². The molecule has 3 aromatic rings. The summed E-state index contributed by atoms with van der Waals surface area (Å²) in [6.45, 7) is 5.04. The summed E-state index contributed by atoms with van der Waals surface area (Å²) in [6, 6.07) is 4.49. The molecular weight excluding hydrogens is 665 g/mol. The first-order valence-corrected chi connectivity index (χ1v) is 17.9. The molecule has 17 heteroatoms. The highest BCUT2D eigenvalue weighted by Crippen LogP contribution is 2.33. The Morgan fingerprint density at radius 3 is 2.63 bits per heavy atom. The summed E-state index contributed by atoms with van der Waals surface area (Å²) in [7, 11) is -5.05. The van der Waals surface area contributed by atoms with E-state index >= 15 is 0 Å². The standard InChI is InChI=1S/C32H38FN5O10S/c1-19-22(11-15-36-13-9-20(10-14-36)29-23-8-7-21(33)17-25(23)47-35-29)31(41)37-12-4-5-24(30(37)34-19)46-16-3-2-6-28(40)48-38-27(39)18-26(32(38)42)49(43,44)45/h7-8,17,20,24,26H,2-6,9-16,18H2,1H3,(H,43,44,45)/p-1. The second-order valence-corrected chi connectivity index (χ2v) is 14.3. The number of aryl methyl sites for hydroxylation is 1. The lowest BCUT2D eigenvalue weighted by molar-refractivity contribution is -0.197. The van der Waals surface area contributed by atoms with Crippen LogP contribution in [0.5, 0.6) is 0 Å². The topological polar surface area (TPSA) is 194 Å². The number of ether oxygens (including phenoxy) is 1. The van der Waals surface area contributed by atoms with Crippen molar-refractivity contribution in [3.05, 3.63) is 57.1 Å². The van der Waals surface area contributed by atoms with Crippen molar-refractivity contribution >= 4 is 38.9 Å². The highest BCUT2D eigenvalue weighted by atomic mass is 32.2. The van der Waals surface area contributed by atoms with Crippen molar-refractivity contribution in [3.8, 4) is 0 Å². The molecule has 3 aliphatic rings. The zero-order valence-electron chi connectivity index (χ0n) is 27.0. The summed E-state index contributed by atoms with van der Waals surface area (Å²) in [5, 5.41) is 3.03. The molecule has 0 aliphatic carbocycles. The van der Waals surface area contributed by atoms with E-state index in [0.29, 0.717) is 48.5 Å². The van der Waals surface area contributed by atoms with E-state index in [-0.39, 0.29) is 41.8 Å². The van der Waals surface area contributed by atoms with Gasteiger partial charge in [0.1, 0.15) is 33.1 Å². The number of rotatable bonds is 12. The molecule has 264 valence electrons. The van der Waals surface area contributed by atoms with Crippen molar-refractivity contribution in [1.29, 1.82) is 0 Å². The number of unbranched alkanes of at least 4 members (excludes halogenated alkanes) is 1. The molecule has 2 atom stereocenters. The first kappa shape index (κ1) is 34.8. The second-order valence-electron chi connectivity index (χ2n) is 12.7. The Hall–Kier alpha value is -4.06. The molecule has 0 spiro atoms. The fraction of sp³-hybridized carbons (Fsp3) is 0.562. The van der Waals surface area contributed by atoms with Gasteiger partial charge in [-0.1, -0.05) is 5.16 Å². The SMILES string of the molecule is Cc1nc2n(c(=O)c1CCN1CCC(c3noc4cc(F)ccc34)CC1)CCCC2OCCCCC(=O)ON1C(=O)CC(S(=O)(=O)[O-])C1=O. The number of nitrogens with zero attached hydrogens (tertiary/aromatic N) is 5. The average Bonchev–Trinajstić information content (AvgIpc) is 3.61. The van der Waals surface area contributed by atoms with Crippen molar-refractivity contribution in [1.82, 2.24) is 24.7 Å². The molecule has 5 heterocycles. The second kappa shape index (κ2) is 14.4. The predicted molar refractivity (Wildman–Crippen MR) is 167 cm³/mol. The van der Waals surface area contributed by atoms with Gasteiger partial charge in [-0.2, -0.15) is 0 Å². The van der Waals surface area contributed by atoms with Crippen LogP contribution in [0.3, 0.4) is 0 Å². The van der Waals surface area contributed by atoms with Gasteiger partial charge in [0.05, 0.1) is 12.1 Å². The van der Waals surface area contributed by atoms with Crippen LogP contribution in [-0.4, -0.2) is 86.9 Å². The summed E-state index contributed by atoms with van der Waals surface area (Å²) in [5.41, 5.74) is 2.61. The van der Waals surface area contributed by atoms with Crippen LogP contribution < -0.4 is 5.56 Å². The van der Waals surface area contributed by atoms with Crippen LogP contribution in [0.25, 0.3) is 11.0 Å². The Bertz CT molecular complexity index is 1920. The number of carbonyl (C=O) groups excluding carboxylic acids is 3. The summed E-state index contributed by atoms with van der Waals surface area (Å²) in [4.78, 5) is 61.4. The summed E-state index contributed by atoms with van der Waals surface area (Å²) < 4.78 is 60.1. The van der Waals surface area contributed by atoms with Gasteiger partial charge in [-0.25, -0.2) is 22.6 Å². The van der Waals surface area contributed by atoms with Crippen LogP contribution in [0.4, 0.5) is 4.39 Å². The predicted octanol–water partition coefficient (Wildman–Crippen LogP) is 2.41. The number of aromatic nitrogens is 3. The first-order chi connectivity index (χ1) is 23.4. The van der Waals surface area contributed by atoms with Crippen LogP contribution in [-0.2, 0) is 47.0 Å². The van der Waals surface area contributed by atoms with Gasteiger partial charge >= 0.3 is 5.97 Å². The molecule has 2 saturated heterocycles. The number of benzene rings is 1. The maximum atomic E-state index is 13.6. The molecule has 0 N–H and O–H groups in total. The van der Waals surface area contributed by atoms with E-state index in [1.54, 1.807) is 10.6 Å². The molecule has 3 aliphatic heterocycles. The quantitative estimate of drug-likeness (QED) is 0.152. The number of piperidine rings is 1. The average molecular weight is 703 g/mol. The number of hydroxylamine groups is 2. The number of carbonyl (C=O) groups is 3. The van der Waals surface area contributed by atoms with E-state index < -0.39 is 45.7 Å². The monoisotopic (exact) mass is 702 g/mol. The molecule has 0 saturated carbocycles. The maximum absolute atomic E-state index is 13.6. The molecule has 6 rings (SSSR count). The minimum absolute atomic E-state index is 0.0483. The van der Waals surface area contributed by atoms with Crippen LogP contribution in [0.15, 0.2) is 27.5 Å². The fourth-order valence-corrected chi connectivity index (χ4v) is 7.46. The lowest BCUT2D eigenvalue weighted by Crippen LogP contribution is -2.38. The molecule has 2 aromatic heterocycles. The zero-order valence-corrected chi connectivity index (χ0v) is 27.8. The van der Waals surface area contributed by atoms with Crippen molar-refractivity contribution in [3.63, 3.8) is 0 Å². The molecule has 0 bridgehead atoms. The molecule has 1 aromatic carbocycles. The molecule has 49 heavy (non-hydrogen) atoms. The van der Waals surface area contributed by atoms with Gasteiger partial charge in [-0.05, 0) is 77.1 Å². The lowest BCUT2D eigenvalue weighted by Gasteiger charge is -2.31. The summed E-state index contributed by atoms with van der Waals surface area (Å²) in [6.07, 6.45) is 3.04.